The van der Waals surface area contributed by atoms with E-state index in [1.54, 1.807) is 44.6 Å². The molecule has 0 radical (unpaired) electrons. The summed E-state index contributed by atoms with van der Waals surface area (Å²) >= 11 is 0. The number of hydrogen-bond acceptors (Lipinski definition) is 6. The van der Waals surface area contributed by atoms with Gasteiger partial charge in [0.15, 0.2) is 0 Å². The Kier molecular flexibility index (Phi) is 5.02. The summed E-state index contributed by atoms with van der Waals surface area (Å²) in [6.07, 6.45) is 3.41. The molecule has 0 bridgehead atoms. The highest BCUT2D eigenvalue weighted by molar-refractivity contribution is 5.85. The van der Waals surface area contributed by atoms with Crippen molar-refractivity contribution >= 4 is 17.5 Å². The van der Waals surface area contributed by atoms with Crippen LogP contribution in [0.5, 0.6) is 5.75 Å². The molecule has 1 aliphatic rings. The maximum Gasteiger partial charge on any atom is 0.246 e. The quantitative estimate of drug-likeness (QED) is 0.835. The third-order valence-electron chi connectivity index (χ3n) is 4.35. The number of aromatic nitrogens is 2. The molecule has 25 heavy (non-hydrogen) atoms. The van der Waals surface area contributed by atoms with Gasteiger partial charge in [-0.2, -0.15) is 0 Å². The molecule has 2 aromatic rings. The van der Waals surface area contributed by atoms with Crippen molar-refractivity contribution in [3.63, 3.8) is 0 Å². The van der Waals surface area contributed by atoms with Gasteiger partial charge in [-0.1, -0.05) is 0 Å². The van der Waals surface area contributed by atoms with E-state index in [4.69, 9.17) is 4.74 Å². The molecule has 1 atom stereocenters. The number of hydrogen-bond donors (Lipinski definition) is 0. The minimum absolute atomic E-state index is 0.0469. The number of nitrogens with zero attached hydrogens (tertiary/aromatic N) is 5. The number of methoxy groups -OCH3 is 1. The van der Waals surface area contributed by atoms with Crippen LogP contribution in [0.1, 0.15) is 0 Å². The van der Waals surface area contributed by atoms with Crippen molar-refractivity contribution in [3.05, 3.63) is 42.7 Å². The van der Waals surface area contributed by atoms with Gasteiger partial charge < -0.3 is 19.4 Å². The van der Waals surface area contributed by atoms with Crippen molar-refractivity contribution < 1.29 is 9.53 Å². The van der Waals surface area contributed by atoms with Gasteiger partial charge in [0.05, 0.1) is 7.11 Å². The van der Waals surface area contributed by atoms with E-state index in [0.29, 0.717) is 19.0 Å². The van der Waals surface area contributed by atoms with Crippen LogP contribution in [0.2, 0.25) is 0 Å². The summed E-state index contributed by atoms with van der Waals surface area (Å²) in [5.41, 5.74) is 1.07. The predicted octanol–water partition coefficient (Wildman–Crippen LogP) is 1.27. The van der Waals surface area contributed by atoms with E-state index >= 15 is 0 Å². The second-order valence-electron chi connectivity index (χ2n) is 6.13. The van der Waals surface area contributed by atoms with Crippen molar-refractivity contribution in [1.29, 1.82) is 0 Å². The van der Waals surface area contributed by atoms with E-state index in [1.807, 2.05) is 29.2 Å². The van der Waals surface area contributed by atoms with E-state index in [-0.39, 0.29) is 11.9 Å². The molecule has 1 unspecified atom stereocenters. The second-order valence-corrected chi connectivity index (χ2v) is 6.13. The van der Waals surface area contributed by atoms with Crippen molar-refractivity contribution in [2.75, 3.05) is 50.6 Å². The monoisotopic (exact) mass is 341 g/mol. The molecule has 1 aromatic heterocycles. The maximum absolute atomic E-state index is 12.7. The molecular formula is C18H23N5O2. The summed E-state index contributed by atoms with van der Waals surface area (Å²) in [6.45, 7) is 2.06. The molecule has 2 heterocycles. The van der Waals surface area contributed by atoms with Crippen LogP contribution in [0, 0.1) is 0 Å². The number of likely N-dealkylation sites (N-methyl/N-ethyl adjacent to an activating group) is 1. The van der Waals surface area contributed by atoms with Crippen molar-refractivity contribution in [2.24, 2.45) is 0 Å². The Labute approximate surface area is 147 Å². The zero-order valence-corrected chi connectivity index (χ0v) is 14.8. The Morgan fingerprint density at radius 2 is 1.84 bits per heavy atom. The molecule has 7 heteroatoms. The Morgan fingerprint density at radius 3 is 2.44 bits per heavy atom. The zero-order chi connectivity index (χ0) is 17.8. The number of carbonyl (C=O) groups excluding carboxylic acids is 1. The van der Waals surface area contributed by atoms with Gasteiger partial charge in [-0.15, -0.1) is 0 Å². The fraction of sp³-hybridized carbons (Fsp3) is 0.389. The van der Waals surface area contributed by atoms with Gasteiger partial charge in [-0.25, -0.2) is 9.97 Å². The van der Waals surface area contributed by atoms with Crippen molar-refractivity contribution in [2.45, 2.75) is 6.04 Å². The highest BCUT2D eigenvalue weighted by atomic mass is 16.5. The minimum Gasteiger partial charge on any atom is -0.497 e. The third-order valence-corrected chi connectivity index (χ3v) is 4.35. The number of rotatable bonds is 4. The number of amides is 1. The van der Waals surface area contributed by atoms with Crippen LogP contribution in [0.4, 0.5) is 11.6 Å². The molecule has 1 amide bonds. The normalized spacial score (nSPS) is 17.3. The molecular weight excluding hydrogens is 318 g/mol. The van der Waals surface area contributed by atoms with Crippen LogP contribution < -0.4 is 14.5 Å². The van der Waals surface area contributed by atoms with Gasteiger partial charge in [0.1, 0.15) is 11.8 Å². The first-order chi connectivity index (χ1) is 12.1. The van der Waals surface area contributed by atoms with Gasteiger partial charge in [0, 0.05) is 51.8 Å². The van der Waals surface area contributed by atoms with Crippen LogP contribution in [0.3, 0.4) is 0 Å². The Bertz CT molecular complexity index is 705. The summed E-state index contributed by atoms with van der Waals surface area (Å²) in [6, 6.07) is 9.36. The average molecular weight is 341 g/mol. The number of carbonyl (C=O) groups is 1. The molecule has 132 valence electrons. The highest BCUT2D eigenvalue weighted by Gasteiger charge is 2.34. The Balaban J connectivity index is 1.84. The first-order valence-corrected chi connectivity index (χ1v) is 8.24. The number of ether oxygens (including phenoxy) is 1. The van der Waals surface area contributed by atoms with Crippen LogP contribution in [-0.2, 0) is 4.79 Å². The Hall–Kier alpha value is -2.83. The third kappa shape index (κ3) is 3.65. The lowest BCUT2D eigenvalue weighted by Gasteiger charge is -2.42. The first kappa shape index (κ1) is 17.0. The minimum atomic E-state index is -0.326. The van der Waals surface area contributed by atoms with E-state index < -0.39 is 0 Å². The smallest absolute Gasteiger partial charge is 0.246 e. The van der Waals surface area contributed by atoms with Gasteiger partial charge in [0.2, 0.25) is 11.9 Å². The summed E-state index contributed by atoms with van der Waals surface area (Å²) in [4.78, 5) is 27.2. The van der Waals surface area contributed by atoms with E-state index in [1.165, 1.54) is 0 Å². The lowest BCUT2D eigenvalue weighted by molar-refractivity contribution is -0.130. The molecule has 1 saturated heterocycles. The fourth-order valence-electron chi connectivity index (χ4n) is 3.00. The predicted molar refractivity (Wildman–Crippen MR) is 97.1 cm³/mol. The van der Waals surface area contributed by atoms with Crippen LogP contribution >= 0.6 is 0 Å². The molecule has 0 N–H and O–H groups in total. The lowest BCUT2D eigenvalue weighted by Crippen LogP contribution is -2.59. The van der Waals surface area contributed by atoms with E-state index in [9.17, 15) is 4.79 Å². The highest BCUT2D eigenvalue weighted by Crippen LogP contribution is 2.24. The summed E-state index contributed by atoms with van der Waals surface area (Å²) < 4.78 is 5.22. The molecule has 1 fully saturated rings. The number of piperazine rings is 1. The fourth-order valence-corrected chi connectivity index (χ4v) is 3.00. The topological polar surface area (TPSA) is 61.8 Å². The first-order valence-electron chi connectivity index (χ1n) is 8.24. The Morgan fingerprint density at radius 1 is 1.16 bits per heavy atom. The molecule has 0 aliphatic carbocycles. The SMILES string of the molecule is COc1ccc(N2CCN(c3ncccn3)C(C(=O)N(C)C)C2)cc1. The summed E-state index contributed by atoms with van der Waals surface area (Å²) in [5, 5.41) is 0. The molecule has 3 rings (SSSR count). The van der Waals surface area contributed by atoms with Crippen LogP contribution in [-0.4, -0.2) is 67.7 Å². The largest absolute Gasteiger partial charge is 0.497 e. The zero-order valence-electron chi connectivity index (χ0n) is 14.8. The maximum atomic E-state index is 12.7. The van der Waals surface area contributed by atoms with Crippen molar-refractivity contribution in [3.8, 4) is 5.75 Å². The van der Waals surface area contributed by atoms with Gasteiger partial charge >= 0.3 is 0 Å². The number of anilines is 2. The van der Waals surface area contributed by atoms with E-state index in [0.717, 1.165) is 18.0 Å². The van der Waals surface area contributed by atoms with E-state index in [2.05, 4.69) is 14.9 Å². The van der Waals surface area contributed by atoms with Gasteiger partial charge in [-0.3, -0.25) is 4.79 Å². The van der Waals surface area contributed by atoms with Gasteiger partial charge in [0.25, 0.3) is 0 Å². The standard InChI is InChI=1S/C18H23N5O2/c1-21(2)17(24)16-13-22(14-5-7-15(25-3)8-6-14)11-12-23(16)18-19-9-4-10-20-18/h4-10,16H,11-13H2,1-3H3. The molecule has 0 saturated carbocycles. The molecule has 1 aromatic carbocycles. The second kappa shape index (κ2) is 7.38. The number of benzene rings is 1. The van der Waals surface area contributed by atoms with Crippen LogP contribution in [0.25, 0.3) is 0 Å². The summed E-state index contributed by atoms with van der Waals surface area (Å²) in [5.74, 6) is 1.46. The molecule has 0 spiro atoms. The molecule has 7 nitrogen and oxygen atoms in total. The van der Waals surface area contributed by atoms with Gasteiger partial charge in [-0.05, 0) is 30.3 Å². The van der Waals surface area contributed by atoms with Crippen molar-refractivity contribution in [1.82, 2.24) is 14.9 Å². The lowest BCUT2D eigenvalue weighted by atomic mass is 10.1. The van der Waals surface area contributed by atoms with Crippen LogP contribution in [0.15, 0.2) is 42.7 Å². The summed E-state index contributed by atoms with van der Waals surface area (Å²) in [7, 11) is 5.21. The molecule has 1 aliphatic heterocycles. The average Bonchev–Trinajstić information content (AvgIpc) is 2.67.